The Kier molecular flexibility index (Phi) is 7.02. The van der Waals surface area contributed by atoms with E-state index < -0.39 is 0 Å². The Morgan fingerprint density at radius 3 is 2.88 bits per heavy atom. The number of rotatable bonds is 6. The van der Waals surface area contributed by atoms with E-state index >= 15 is 0 Å². The van der Waals surface area contributed by atoms with Crippen LogP contribution in [0.15, 0.2) is 36.9 Å². The number of urea groups is 1. The lowest BCUT2D eigenvalue weighted by Crippen LogP contribution is -2.45. The predicted octanol–water partition coefficient (Wildman–Crippen LogP) is 3.27. The van der Waals surface area contributed by atoms with Crippen LogP contribution in [-0.4, -0.2) is 54.9 Å². The van der Waals surface area contributed by atoms with Gasteiger partial charge in [0, 0.05) is 36.4 Å². The molecule has 170 valence electrons. The normalized spacial score (nSPS) is 20.4. The lowest BCUT2D eigenvalue weighted by molar-refractivity contribution is 0.0984. The van der Waals surface area contributed by atoms with Crippen LogP contribution < -0.4 is 20.9 Å². The van der Waals surface area contributed by atoms with Crippen LogP contribution in [0.1, 0.15) is 37.6 Å². The van der Waals surface area contributed by atoms with Crippen LogP contribution in [0.4, 0.5) is 16.3 Å². The van der Waals surface area contributed by atoms with Crippen LogP contribution in [0.5, 0.6) is 0 Å². The summed E-state index contributed by atoms with van der Waals surface area (Å²) in [7, 11) is 0. The van der Waals surface area contributed by atoms with E-state index in [1.165, 1.54) is 5.56 Å². The topological polar surface area (TPSA) is 91.4 Å². The van der Waals surface area contributed by atoms with Crippen molar-refractivity contribution in [2.75, 3.05) is 43.1 Å². The highest BCUT2D eigenvalue weighted by atomic mass is 16.5. The molecule has 1 aromatic heterocycles. The number of carbonyl (C=O) groups is 1. The summed E-state index contributed by atoms with van der Waals surface area (Å²) in [5.74, 6) is 1.71. The molecule has 32 heavy (non-hydrogen) atoms. The third kappa shape index (κ3) is 4.76. The molecule has 4 rings (SSSR count). The second kappa shape index (κ2) is 10.1. The quantitative estimate of drug-likeness (QED) is 0.602. The molecule has 2 aliphatic heterocycles. The van der Waals surface area contributed by atoms with Gasteiger partial charge in [-0.3, -0.25) is 0 Å². The maximum atomic E-state index is 11.8. The van der Waals surface area contributed by atoms with E-state index in [2.05, 4.69) is 34.4 Å². The highest BCUT2D eigenvalue weighted by molar-refractivity contribution is 5.89. The van der Waals surface area contributed by atoms with Crippen molar-refractivity contribution in [1.82, 2.24) is 20.6 Å². The van der Waals surface area contributed by atoms with Crippen LogP contribution in [0.2, 0.25) is 0 Å². The van der Waals surface area contributed by atoms with Gasteiger partial charge in [-0.05, 0) is 51.0 Å². The van der Waals surface area contributed by atoms with Crippen LogP contribution in [0, 0.1) is 0 Å². The molecule has 0 bridgehead atoms. The Labute approximate surface area is 189 Å². The SMILES string of the molecule is C=CC[C@@H]1NCCc2c1nc(-c1ccc(NC(=O)NCC)cc1)nc2N1CCOC[C@@H]1C. The molecule has 1 saturated heterocycles. The molecule has 0 saturated carbocycles. The smallest absolute Gasteiger partial charge is 0.319 e. The van der Waals surface area contributed by atoms with Gasteiger partial charge in [0.2, 0.25) is 0 Å². The molecule has 2 aliphatic rings. The molecule has 1 aromatic carbocycles. The first kappa shape index (κ1) is 22.2. The monoisotopic (exact) mass is 436 g/mol. The lowest BCUT2D eigenvalue weighted by atomic mass is 9.96. The molecule has 0 aliphatic carbocycles. The van der Waals surface area contributed by atoms with Gasteiger partial charge in [0.25, 0.3) is 0 Å². The van der Waals surface area contributed by atoms with Gasteiger partial charge in [-0.25, -0.2) is 14.8 Å². The second-order valence-corrected chi connectivity index (χ2v) is 8.19. The molecule has 0 unspecified atom stereocenters. The van der Waals surface area contributed by atoms with E-state index in [0.29, 0.717) is 25.6 Å². The standard InChI is InChI=1S/C24H32N6O2/c1-4-6-20-21-19(11-12-26-20)23(30-13-14-32-15-16(30)3)29-22(28-21)17-7-9-18(10-8-17)27-24(31)25-5-2/h4,7-10,16,20,26H,1,5-6,11-15H2,2-3H3,(H2,25,27,31)/t16-,20-/m0/s1. The average Bonchev–Trinajstić information content (AvgIpc) is 2.80. The van der Waals surface area contributed by atoms with E-state index in [9.17, 15) is 4.79 Å². The average molecular weight is 437 g/mol. The summed E-state index contributed by atoms with van der Waals surface area (Å²) >= 11 is 0. The Morgan fingerprint density at radius 2 is 2.16 bits per heavy atom. The van der Waals surface area contributed by atoms with Crippen molar-refractivity contribution in [3.8, 4) is 11.4 Å². The molecular weight excluding hydrogens is 404 g/mol. The molecule has 3 heterocycles. The van der Waals surface area contributed by atoms with Gasteiger partial charge in [0.1, 0.15) is 5.82 Å². The predicted molar refractivity (Wildman–Crippen MR) is 127 cm³/mol. The number of nitrogens with one attached hydrogen (secondary N) is 3. The van der Waals surface area contributed by atoms with Gasteiger partial charge in [-0.15, -0.1) is 6.58 Å². The van der Waals surface area contributed by atoms with Crippen LogP contribution in [0.25, 0.3) is 11.4 Å². The Hall–Kier alpha value is -2.97. The molecule has 3 N–H and O–H groups in total. The molecule has 2 aromatic rings. The molecule has 0 spiro atoms. The highest BCUT2D eigenvalue weighted by Gasteiger charge is 2.30. The molecular formula is C24H32N6O2. The fraction of sp³-hybridized carbons (Fsp3) is 0.458. The van der Waals surface area contributed by atoms with Crippen molar-refractivity contribution in [3.05, 3.63) is 48.2 Å². The summed E-state index contributed by atoms with van der Waals surface area (Å²) in [5, 5.41) is 9.14. The molecule has 2 amide bonds. The first-order chi connectivity index (χ1) is 15.6. The summed E-state index contributed by atoms with van der Waals surface area (Å²) in [6.45, 7) is 11.7. The van der Waals surface area contributed by atoms with E-state index in [0.717, 1.165) is 48.7 Å². The number of aromatic nitrogens is 2. The maximum Gasteiger partial charge on any atom is 0.319 e. The zero-order valence-electron chi connectivity index (χ0n) is 18.9. The number of nitrogens with zero attached hydrogens (tertiary/aromatic N) is 3. The number of amides is 2. The van der Waals surface area contributed by atoms with E-state index in [4.69, 9.17) is 14.7 Å². The van der Waals surface area contributed by atoms with Gasteiger partial charge in [-0.2, -0.15) is 0 Å². The first-order valence-electron chi connectivity index (χ1n) is 11.4. The molecule has 2 atom stereocenters. The van der Waals surface area contributed by atoms with Crippen molar-refractivity contribution >= 4 is 17.5 Å². The maximum absolute atomic E-state index is 11.8. The number of anilines is 2. The van der Waals surface area contributed by atoms with Crippen molar-refractivity contribution in [3.63, 3.8) is 0 Å². The zero-order chi connectivity index (χ0) is 22.5. The number of hydrogen-bond acceptors (Lipinski definition) is 6. The number of ether oxygens (including phenoxy) is 1. The number of benzene rings is 1. The third-order valence-electron chi connectivity index (χ3n) is 5.89. The van der Waals surface area contributed by atoms with Gasteiger partial charge < -0.3 is 25.6 Å². The Bertz CT molecular complexity index is 962. The van der Waals surface area contributed by atoms with Crippen molar-refractivity contribution in [1.29, 1.82) is 0 Å². The fourth-order valence-electron chi connectivity index (χ4n) is 4.29. The Balaban J connectivity index is 1.72. The zero-order valence-corrected chi connectivity index (χ0v) is 18.9. The summed E-state index contributed by atoms with van der Waals surface area (Å²) in [6.07, 6.45) is 3.66. The minimum atomic E-state index is -0.216. The van der Waals surface area contributed by atoms with E-state index in [1.807, 2.05) is 37.3 Å². The van der Waals surface area contributed by atoms with Crippen molar-refractivity contribution < 1.29 is 9.53 Å². The molecule has 8 nitrogen and oxygen atoms in total. The van der Waals surface area contributed by atoms with E-state index in [-0.39, 0.29) is 18.1 Å². The van der Waals surface area contributed by atoms with Gasteiger partial charge in [0.15, 0.2) is 5.82 Å². The minimum Gasteiger partial charge on any atom is -0.377 e. The first-order valence-corrected chi connectivity index (χ1v) is 11.4. The van der Waals surface area contributed by atoms with E-state index in [1.54, 1.807) is 0 Å². The van der Waals surface area contributed by atoms with Crippen LogP contribution in [-0.2, 0) is 11.2 Å². The van der Waals surface area contributed by atoms with Gasteiger partial charge in [0.05, 0.1) is 31.0 Å². The number of carbonyl (C=O) groups excluding carboxylic acids is 1. The van der Waals surface area contributed by atoms with Gasteiger partial charge in [-0.1, -0.05) is 6.08 Å². The number of hydrogen-bond donors (Lipinski definition) is 3. The van der Waals surface area contributed by atoms with Gasteiger partial charge >= 0.3 is 6.03 Å². The largest absolute Gasteiger partial charge is 0.377 e. The number of fused-ring (bicyclic) bond motifs is 1. The highest BCUT2D eigenvalue weighted by Crippen LogP contribution is 2.34. The lowest BCUT2D eigenvalue weighted by Gasteiger charge is -2.37. The Morgan fingerprint density at radius 1 is 1.34 bits per heavy atom. The third-order valence-corrected chi connectivity index (χ3v) is 5.89. The second-order valence-electron chi connectivity index (χ2n) is 8.19. The van der Waals surface area contributed by atoms with Crippen molar-refractivity contribution in [2.45, 2.75) is 38.8 Å². The summed E-state index contributed by atoms with van der Waals surface area (Å²) in [5.41, 5.74) is 3.92. The number of morpholine rings is 1. The van der Waals surface area contributed by atoms with Crippen molar-refractivity contribution in [2.24, 2.45) is 0 Å². The molecule has 1 fully saturated rings. The fourth-order valence-corrected chi connectivity index (χ4v) is 4.29. The van der Waals surface area contributed by atoms with Crippen LogP contribution >= 0.6 is 0 Å². The summed E-state index contributed by atoms with van der Waals surface area (Å²) in [4.78, 5) is 24.2. The summed E-state index contributed by atoms with van der Waals surface area (Å²) in [6, 6.07) is 7.84. The molecule has 0 radical (unpaired) electrons. The molecule has 8 heteroatoms. The van der Waals surface area contributed by atoms with Crippen LogP contribution in [0.3, 0.4) is 0 Å². The minimum absolute atomic E-state index is 0.131. The summed E-state index contributed by atoms with van der Waals surface area (Å²) < 4.78 is 5.66.